The second-order valence-corrected chi connectivity index (χ2v) is 7.54. The van der Waals surface area contributed by atoms with Gasteiger partial charge in [-0.25, -0.2) is 0 Å². The number of rotatable bonds is 9. The molecule has 0 aliphatic rings. The lowest BCUT2D eigenvalue weighted by Gasteiger charge is -2.22. The van der Waals surface area contributed by atoms with Crippen molar-refractivity contribution < 1.29 is 31.9 Å². The fraction of sp³-hybridized carbons (Fsp3) is 0.333. The average Bonchev–Trinajstić information content (AvgIpc) is 3.43. The van der Waals surface area contributed by atoms with Gasteiger partial charge in [0.1, 0.15) is 6.54 Å². The fourth-order valence-electron chi connectivity index (χ4n) is 2.84. The Kier molecular flexibility index (Phi) is 7.62. The molecule has 0 atom stereocenters. The van der Waals surface area contributed by atoms with Crippen LogP contribution in [0.4, 0.5) is 13.2 Å². The van der Waals surface area contributed by atoms with Crippen molar-refractivity contribution >= 4 is 23.2 Å². The number of nitrogens with zero attached hydrogens (tertiary/aromatic N) is 3. The van der Waals surface area contributed by atoms with E-state index in [0.717, 1.165) is 17.7 Å². The zero-order valence-corrected chi connectivity index (χ0v) is 17.9. The first-order valence-electron chi connectivity index (χ1n) is 9.70. The van der Waals surface area contributed by atoms with Gasteiger partial charge in [-0.05, 0) is 36.1 Å². The van der Waals surface area contributed by atoms with Crippen molar-refractivity contribution in [2.24, 2.45) is 0 Å². The van der Waals surface area contributed by atoms with Crippen molar-refractivity contribution in [3.05, 3.63) is 58.1 Å². The van der Waals surface area contributed by atoms with Crippen LogP contribution in [0, 0.1) is 0 Å². The number of ether oxygens (including phenoxy) is 1. The molecule has 3 aromatic rings. The second-order valence-electron chi connectivity index (χ2n) is 6.76. The zero-order chi connectivity index (χ0) is 23.1. The highest BCUT2D eigenvalue weighted by Crippen LogP contribution is 2.29. The number of halogens is 3. The number of carbonyl (C=O) groups is 2. The Morgan fingerprint density at radius 3 is 2.53 bits per heavy atom. The van der Waals surface area contributed by atoms with E-state index in [1.165, 1.54) is 28.4 Å². The fourth-order valence-corrected chi connectivity index (χ4v) is 3.47. The molecule has 0 saturated heterocycles. The lowest BCUT2D eigenvalue weighted by atomic mass is 10.1. The van der Waals surface area contributed by atoms with Gasteiger partial charge >= 0.3 is 12.1 Å². The highest BCUT2D eigenvalue weighted by molar-refractivity contribution is 7.08. The first-order valence-corrected chi connectivity index (χ1v) is 10.6. The first kappa shape index (κ1) is 23.5. The summed E-state index contributed by atoms with van der Waals surface area (Å²) in [5.41, 5.74) is 0.446. The maximum Gasteiger partial charge on any atom is 0.416 e. The van der Waals surface area contributed by atoms with Gasteiger partial charge in [-0.1, -0.05) is 12.1 Å². The van der Waals surface area contributed by atoms with Crippen LogP contribution in [0.15, 0.2) is 45.5 Å². The van der Waals surface area contributed by atoms with E-state index >= 15 is 0 Å². The van der Waals surface area contributed by atoms with Crippen LogP contribution >= 0.6 is 11.3 Å². The van der Waals surface area contributed by atoms with Crippen molar-refractivity contribution in [3.63, 3.8) is 0 Å². The Morgan fingerprint density at radius 1 is 1.16 bits per heavy atom. The van der Waals surface area contributed by atoms with Gasteiger partial charge in [-0.3, -0.25) is 9.59 Å². The summed E-state index contributed by atoms with van der Waals surface area (Å²) >= 11 is 1.48. The first-order chi connectivity index (χ1) is 15.3. The van der Waals surface area contributed by atoms with Crippen LogP contribution in [0.3, 0.4) is 0 Å². The van der Waals surface area contributed by atoms with E-state index < -0.39 is 23.6 Å². The smallest absolute Gasteiger partial charge is 0.416 e. The Bertz CT molecular complexity index is 1030. The molecule has 0 fully saturated rings. The van der Waals surface area contributed by atoms with Gasteiger partial charge in [0.15, 0.2) is 0 Å². The van der Waals surface area contributed by atoms with Gasteiger partial charge in [0, 0.05) is 30.3 Å². The monoisotopic (exact) mass is 467 g/mol. The van der Waals surface area contributed by atoms with Crippen molar-refractivity contribution in [3.8, 4) is 11.5 Å². The summed E-state index contributed by atoms with van der Waals surface area (Å²) in [4.78, 5) is 25.9. The number of hydrogen-bond donors (Lipinski definition) is 0. The second kappa shape index (κ2) is 10.4. The molecule has 0 saturated carbocycles. The molecule has 2 heterocycles. The molecule has 0 spiro atoms. The van der Waals surface area contributed by atoms with Gasteiger partial charge in [0.25, 0.3) is 0 Å². The van der Waals surface area contributed by atoms with Crippen molar-refractivity contribution in [2.75, 3.05) is 13.2 Å². The molecule has 32 heavy (non-hydrogen) atoms. The molecule has 1 aromatic carbocycles. The van der Waals surface area contributed by atoms with Crippen molar-refractivity contribution in [1.29, 1.82) is 0 Å². The number of benzene rings is 1. The van der Waals surface area contributed by atoms with Gasteiger partial charge < -0.3 is 14.1 Å². The third-order valence-corrected chi connectivity index (χ3v) is 5.10. The minimum atomic E-state index is -4.45. The molecule has 0 unspecified atom stereocenters. The Hall–Kier alpha value is -3.21. The predicted molar refractivity (Wildman–Crippen MR) is 109 cm³/mol. The number of aryl methyl sites for hydroxylation is 1. The molecular weight excluding hydrogens is 447 g/mol. The quantitative estimate of drug-likeness (QED) is 0.435. The Balaban J connectivity index is 1.66. The van der Waals surface area contributed by atoms with Crippen LogP contribution in [0.5, 0.6) is 0 Å². The minimum absolute atomic E-state index is 0.0225. The standard InChI is InChI=1S/C21H20F3N3O4S/c1-2-30-19(29)12-27(11-14-3-5-16(6-4-14)21(22,23)24)18(28)8-7-17-25-26-20(31-17)15-9-10-32-13-15/h3-6,9-10,13H,2,7-8,11-12H2,1H3. The predicted octanol–water partition coefficient (Wildman–Crippen LogP) is 4.34. The molecule has 0 radical (unpaired) electrons. The number of thiophene rings is 1. The van der Waals surface area contributed by atoms with Gasteiger partial charge in [0.2, 0.25) is 17.7 Å². The molecule has 3 rings (SSSR count). The summed E-state index contributed by atoms with van der Waals surface area (Å²) in [6.07, 6.45) is -4.32. The molecule has 0 aliphatic heterocycles. The highest BCUT2D eigenvalue weighted by atomic mass is 32.1. The van der Waals surface area contributed by atoms with E-state index in [-0.39, 0.29) is 38.4 Å². The molecule has 1 amide bonds. The van der Waals surface area contributed by atoms with Crippen LogP contribution in [0.1, 0.15) is 30.4 Å². The topological polar surface area (TPSA) is 85.5 Å². The number of aromatic nitrogens is 2. The summed E-state index contributed by atoms with van der Waals surface area (Å²) in [7, 11) is 0. The van der Waals surface area contributed by atoms with Crippen LogP contribution in [0.25, 0.3) is 11.5 Å². The molecule has 170 valence electrons. The minimum Gasteiger partial charge on any atom is -0.465 e. The van der Waals surface area contributed by atoms with Gasteiger partial charge in [0.05, 0.1) is 12.2 Å². The lowest BCUT2D eigenvalue weighted by molar-refractivity contribution is -0.149. The summed E-state index contributed by atoms with van der Waals surface area (Å²) in [6, 6.07) is 6.26. The van der Waals surface area contributed by atoms with Crippen LogP contribution in [0.2, 0.25) is 0 Å². The van der Waals surface area contributed by atoms with E-state index in [4.69, 9.17) is 9.15 Å². The zero-order valence-electron chi connectivity index (χ0n) is 17.1. The third-order valence-electron chi connectivity index (χ3n) is 4.42. The van der Waals surface area contributed by atoms with Gasteiger partial charge in [-0.2, -0.15) is 24.5 Å². The van der Waals surface area contributed by atoms with E-state index in [0.29, 0.717) is 11.5 Å². The SMILES string of the molecule is CCOC(=O)CN(Cc1ccc(C(F)(F)F)cc1)C(=O)CCc1nnc(-c2ccsc2)o1. The summed E-state index contributed by atoms with van der Waals surface area (Å²) in [5, 5.41) is 11.6. The molecule has 0 bridgehead atoms. The number of alkyl halides is 3. The molecule has 0 N–H and O–H groups in total. The average molecular weight is 467 g/mol. The Labute approximate surface area is 185 Å². The van der Waals surface area contributed by atoms with E-state index in [9.17, 15) is 22.8 Å². The normalized spacial score (nSPS) is 11.4. The van der Waals surface area contributed by atoms with Crippen LogP contribution < -0.4 is 0 Å². The van der Waals surface area contributed by atoms with Gasteiger partial charge in [-0.15, -0.1) is 10.2 Å². The molecule has 2 aromatic heterocycles. The summed E-state index contributed by atoms with van der Waals surface area (Å²) in [6.45, 7) is 1.42. The van der Waals surface area contributed by atoms with Crippen LogP contribution in [-0.4, -0.2) is 40.1 Å². The maximum absolute atomic E-state index is 12.8. The lowest BCUT2D eigenvalue weighted by Crippen LogP contribution is -2.36. The summed E-state index contributed by atoms with van der Waals surface area (Å²) < 4.78 is 48.8. The molecular formula is C21H20F3N3O4S. The number of hydrogen-bond acceptors (Lipinski definition) is 7. The molecule has 11 heteroatoms. The number of carbonyl (C=O) groups excluding carboxylic acids is 2. The highest BCUT2D eigenvalue weighted by Gasteiger charge is 2.30. The third kappa shape index (κ3) is 6.39. The van der Waals surface area contributed by atoms with E-state index in [1.54, 1.807) is 6.92 Å². The number of esters is 1. The largest absolute Gasteiger partial charge is 0.465 e. The molecule has 0 aliphatic carbocycles. The Morgan fingerprint density at radius 2 is 1.91 bits per heavy atom. The van der Waals surface area contributed by atoms with Crippen LogP contribution in [-0.2, 0) is 33.5 Å². The summed E-state index contributed by atoms with van der Waals surface area (Å²) in [5.74, 6) is -0.384. The maximum atomic E-state index is 12.8. The van der Waals surface area contributed by atoms with Crippen molar-refractivity contribution in [1.82, 2.24) is 15.1 Å². The van der Waals surface area contributed by atoms with E-state index in [1.807, 2.05) is 16.8 Å². The molecule has 7 nitrogen and oxygen atoms in total. The number of amides is 1. The van der Waals surface area contributed by atoms with Crippen molar-refractivity contribution in [2.45, 2.75) is 32.5 Å². The van der Waals surface area contributed by atoms with E-state index in [2.05, 4.69) is 10.2 Å².